The van der Waals surface area contributed by atoms with Gasteiger partial charge in [-0.05, 0) is 58.7 Å². The number of benzene rings is 7. The van der Waals surface area contributed by atoms with E-state index in [1.165, 1.54) is 20.2 Å². The molecule has 234 valence electrons. The van der Waals surface area contributed by atoms with Crippen LogP contribution in [0, 0.1) is 0 Å². The molecule has 3 heterocycles. The molecule has 0 saturated carbocycles. The molecule has 0 aliphatic carbocycles. The molecule has 0 N–H and O–H groups in total. The van der Waals surface area contributed by atoms with E-state index in [9.17, 15) is 0 Å². The van der Waals surface area contributed by atoms with E-state index in [1.54, 1.807) is 11.3 Å². The number of aromatic nitrogens is 3. The lowest BCUT2D eigenvalue weighted by Crippen LogP contribution is -2.01. The first-order valence-corrected chi connectivity index (χ1v) is 17.4. The fourth-order valence-corrected chi connectivity index (χ4v) is 8.17. The molecule has 3 aromatic heterocycles. The molecular weight excluding hydrogens is 631 g/mol. The Kier molecular flexibility index (Phi) is 6.64. The Morgan fingerprint density at radius 1 is 0.360 bits per heavy atom. The smallest absolute Gasteiger partial charge is 0.165 e. The Hall–Kier alpha value is -6.43. The maximum absolute atomic E-state index is 6.11. The van der Waals surface area contributed by atoms with E-state index in [0.29, 0.717) is 17.5 Å². The second-order valence-corrected chi connectivity index (χ2v) is 13.4. The van der Waals surface area contributed by atoms with Crippen LogP contribution in [0.5, 0.6) is 0 Å². The van der Waals surface area contributed by atoms with Crippen molar-refractivity contribution < 1.29 is 4.42 Å². The van der Waals surface area contributed by atoms with Crippen LogP contribution in [0.25, 0.3) is 98.5 Å². The zero-order valence-corrected chi connectivity index (χ0v) is 27.6. The van der Waals surface area contributed by atoms with Crippen molar-refractivity contribution in [3.05, 3.63) is 164 Å². The van der Waals surface area contributed by atoms with Crippen molar-refractivity contribution in [2.75, 3.05) is 0 Å². The van der Waals surface area contributed by atoms with Gasteiger partial charge in [-0.3, -0.25) is 0 Å². The average Bonchev–Trinajstić information content (AvgIpc) is 3.76. The molecule has 0 atom stereocenters. The van der Waals surface area contributed by atoms with E-state index in [1.807, 2.05) is 24.3 Å². The van der Waals surface area contributed by atoms with Crippen LogP contribution in [-0.2, 0) is 0 Å². The summed E-state index contributed by atoms with van der Waals surface area (Å²) in [5.41, 5.74) is 9.02. The summed E-state index contributed by atoms with van der Waals surface area (Å²) < 4.78 is 8.53. The van der Waals surface area contributed by atoms with Gasteiger partial charge in [0.25, 0.3) is 0 Å². The highest BCUT2D eigenvalue weighted by molar-refractivity contribution is 7.26. The average molecular weight is 658 g/mol. The molecule has 0 radical (unpaired) electrons. The van der Waals surface area contributed by atoms with Crippen LogP contribution < -0.4 is 0 Å². The third kappa shape index (κ3) is 4.79. The number of rotatable bonds is 5. The number of hydrogen-bond acceptors (Lipinski definition) is 5. The highest BCUT2D eigenvalue weighted by Crippen LogP contribution is 2.40. The molecule has 0 saturated heterocycles. The molecule has 0 aliphatic heterocycles. The molecule has 50 heavy (non-hydrogen) atoms. The molecule has 0 spiro atoms. The molecule has 0 unspecified atom stereocenters. The zero-order chi connectivity index (χ0) is 33.0. The lowest BCUT2D eigenvalue weighted by molar-refractivity contribution is 0.669. The molecule has 7 aromatic carbocycles. The number of fused-ring (bicyclic) bond motifs is 6. The second kappa shape index (κ2) is 11.6. The van der Waals surface area contributed by atoms with Gasteiger partial charge in [-0.1, -0.05) is 127 Å². The topological polar surface area (TPSA) is 51.8 Å². The highest BCUT2D eigenvalue weighted by Gasteiger charge is 2.19. The summed E-state index contributed by atoms with van der Waals surface area (Å²) in [6, 6.07) is 56.8. The van der Waals surface area contributed by atoms with Crippen LogP contribution in [0.15, 0.2) is 168 Å². The third-order valence-corrected chi connectivity index (χ3v) is 10.6. The molecule has 0 amide bonds. The molecule has 0 fully saturated rings. The van der Waals surface area contributed by atoms with Crippen LogP contribution in [-0.4, -0.2) is 15.0 Å². The van der Waals surface area contributed by atoms with Crippen LogP contribution in [0.2, 0.25) is 0 Å². The summed E-state index contributed by atoms with van der Waals surface area (Å²) in [7, 11) is 0. The first-order chi connectivity index (χ1) is 24.8. The molecule has 0 aliphatic rings. The summed E-state index contributed by atoms with van der Waals surface area (Å²) in [5, 5.41) is 4.66. The summed E-state index contributed by atoms with van der Waals surface area (Å²) in [6.07, 6.45) is 0. The molecular formula is C45H27N3OS. The van der Waals surface area contributed by atoms with Gasteiger partial charge in [-0.15, -0.1) is 11.3 Å². The minimum Gasteiger partial charge on any atom is -0.456 e. The van der Waals surface area contributed by atoms with Crippen molar-refractivity contribution in [1.29, 1.82) is 0 Å². The van der Waals surface area contributed by atoms with Crippen molar-refractivity contribution in [2.24, 2.45) is 0 Å². The normalized spacial score (nSPS) is 11.6. The summed E-state index contributed by atoms with van der Waals surface area (Å²) in [4.78, 5) is 15.6. The van der Waals surface area contributed by atoms with Gasteiger partial charge in [0.05, 0.1) is 0 Å². The van der Waals surface area contributed by atoms with Gasteiger partial charge in [-0.2, -0.15) is 0 Å². The second-order valence-electron chi connectivity index (χ2n) is 12.4. The predicted octanol–water partition coefficient (Wildman–Crippen LogP) is 12.5. The highest BCUT2D eigenvalue weighted by atomic mass is 32.1. The third-order valence-electron chi connectivity index (χ3n) is 9.36. The lowest BCUT2D eigenvalue weighted by Gasteiger charge is -2.13. The van der Waals surface area contributed by atoms with Crippen molar-refractivity contribution in [3.8, 4) is 56.4 Å². The summed E-state index contributed by atoms with van der Waals surface area (Å²) in [5.74, 6) is 1.92. The number of nitrogens with zero attached hydrogens (tertiary/aromatic N) is 3. The minimum absolute atomic E-state index is 0.627. The van der Waals surface area contributed by atoms with Gasteiger partial charge in [0.1, 0.15) is 11.2 Å². The lowest BCUT2D eigenvalue weighted by atomic mass is 9.99. The first kappa shape index (κ1) is 28.6. The molecule has 0 bridgehead atoms. The van der Waals surface area contributed by atoms with Crippen LogP contribution in [0.4, 0.5) is 0 Å². The van der Waals surface area contributed by atoms with E-state index in [0.717, 1.165) is 60.9 Å². The van der Waals surface area contributed by atoms with Crippen LogP contribution in [0.3, 0.4) is 0 Å². The van der Waals surface area contributed by atoms with Crippen molar-refractivity contribution in [1.82, 2.24) is 15.0 Å². The Morgan fingerprint density at radius 3 is 1.86 bits per heavy atom. The van der Waals surface area contributed by atoms with E-state index in [2.05, 4.69) is 140 Å². The van der Waals surface area contributed by atoms with Crippen molar-refractivity contribution in [2.45, 2.75) is 0 Å². The van der Waals surface area contributed by atoms with Crippen LogP contribution >= 0.6 is 11.3 Å². The number of hydrogen-bond donors (Lipinski definition) is 0. The molecule has 10 rings (SSSR count). The van der Waals surface area contributed by atoms with E-state index in [4.69, 9.17) is 19.4 Å². The Bertz CT molecular complexity index is 2890. The fourth-order valence-electron chi connectivity index (χ4n) is 6.96. The largest absolute Gasteiger partial charge is 0.456 e. The Morgan fingerprint density at radius 2 is 0.960 bits per heavy atom. The van der Waals surface area contributed by atoms with Gasteiger partial charge in [0.15, 0.2) is 17.5 Å². The van der Waals surface area contributed by atoms with E-state index < -0.39 is 0 Å². The first-order valence-electron chi connectivity index (χ1n) is 16.6. The summed E-state index contributed by atoms with van der Waals surface area (Å²) >= 11 is 1.78. The molecule has 5 heteroatoms. The number of para-hydroxylation sites is 1. The SMILES string of the molecule is c1ccc(-c2ccccc2-c2nc(-c3cccc(-c4ccc5oc6ccccc6c5c4)c3)nc(-c3cccc4c3sc3ccccc34)n2)cc1. The number of furan rings is 1. The van der Waals surface area contributed by atoms with E-state index in [-0.39, 0.29) is 0 Å². The van der Waals surface area contributed by atoms with Gasteiger partial charge in [-0.25, -0.2) is 15.0 Å². The monoisotopic (exact) mass is 657 g/mol. The number of thiophene rings is 1. The van der Waals surface area contributed by atoms with Crippen LogP contribution in [0.1, 0.15) is 0 Å². The van der Waals surface area contributed by atoms with Crippen molar-refractivity contribution in [3.63, 3.8) is 0 Å². The summed E-state index contributed by atoms with van der Waals surface area (Å²) in [6.45, 7) is 0. The van der Waals surface area contributed by atoms with E-state index >= 15 is 0 Å². The quantitative estimate of drug-likeness (QED) is 0.185. The van der Waals surface area contributed by atoms with Crippen molar-refractivity contribution >= 4 is 53.4 Å². The maximum Gasteiger partial charge on any atom is 0.165 e. The predicted molar refractivity (Wildman–Crippen MR) is 207 cm³/mol. The molecule has 10 aromatic rings. The van der Waals surface area contributed by atoms with Gasteiger partial charge >= 0.3 is 0 Å². The fraction of sp³-hybridized carbons (Fsp3) is 0. The Labute approximate surface area is 292 Å². The van der Waals surface area contributed by atoms with Gasteiger partial charge in [0, 0.05) is 47.6 Å². The Balaban J connectivity index is 1.18. The zero-order valence-electron chi connectivity index (χ0n) is 26.7. The minimum atomic E-state index is 0.627. The van der Waals surface area contributed by atoms with Gasteiger partial charge < -0.3 is 4.42 Å². The standard InChI is InChI=1S/C45H27N3OS/c1-2-12-28(13-3-1)32-16-4-5-19-36(32)44-46-43(47-45(48-44)37-21-11-20-35-34-18-7-9-23-41(34)50-42(35)37)31-15-10-14-29(26-31)30-24-25-40-38(27-30)33-17-6-8-22-39(33)49-40/h1-27H. The van der Waals surface area contributed by atoms with Gasteiger partial charge in [0.2, 0.25) is 0 Å². The molecule has 4 nitrogen and oxygen atoms in total. The maximum atomic E-state index is 6.11.